The van der Waals surface area contributed by atoms with Crippen molar-refractivity contribution in [2.45, 2.75) is 45.2 Å². The summed E-state index contributed by atoms with van der Waals surface area (Å²) in [6.45, 7) is 5.26. The van der Waals surface area contributed by atoms with Crippen LogP contribution in [0.1, 0.15) is 33.1 Å². The molecule has 0 radical (unpaired) electrons. The van der Waals surface area contributed by atoms with Crippen LogP contribution >= 0.6 is 11.8 Å². The number of carbonyl (C=O) groups is 1. The van der Waals surface area contributed by atoms with E-state index in [-0.39, 0.29) is 5.91 Å². The molecule has 0 spiro atoms. The molecule has 1 rings (SSSR count). The highest BCUT2D eigenvalue weighted by Gasteiger charge is 2.17. The van der Waals surface area contributed by atoms with Gasteiger partial charge in [0, 0.05) is 36.6 Å². The van der Waals surface area contributed by atoms with E-state index in [1.165, 1.54) is 5.75 Å². The summed E-state index contributed by atoms with van der Waals surface area (Å²) in [4.78, 5) is 11.7. The lowest BCUT2D eigenvalue weighted by Crippen LogP contribution is -2.43. The average molecular weight is 230 g/mol. The minimum atomic E-state index is 0.198. The molecular formula is C11H22N2OS. The highest BCUT2D eigenvalue weighted by Crippen LogP contribution is 2.10. The van der Waals surface area contributed by atoms with Crippen molar-refractivity contribution >= 4 is 17.7 Å². The van der Waals surface area contributed by atoms with E-state index in [1.807, 2.05) is 11.8 Å². The first-order valence-corrected chi connectivity index (χ1v) is 7.02. The molecule has 0 aromatic heterocycles. The lowest BCUT2D eigenvalue weighted by atomic mass is 10.1. The van der Waals surface area contributed by atoms with Crippen LogP contribution in [0.3, 0.4) is 0 Å². The third-order valence-electron chi connectivity index (χ3n) is 2.78. The molecule has 1 amide bonds. The second kappa shape index (κ2) is 7.12. The standard InChI is InChI=1S/C11H22N2OS/c1-3-9(4-2)13-11(14)7-10-8-15-6-5-12-10/h9-10,12H,3-8H2,1-2H3,(H,13,14). The molecule has 2 N–H and O–H groups in total. The van der Waals surface area contributed by atoms with E-state index >= 15 is 0 Å². The Morgan fingerprint density at radius 2 is 2.27 bits per heavy atom. The van der Waals surface area contributed by atoms with Crippen LogP contribution in [0.2, 0.25) is 0 Å². The zero-order chi connectivity index (χ0) is 11.1. The van der Waals surface area contributed by atoms with Crippen LogP contribution in [0.25, 0.3) is 0 Å². The zero-order valence-electron chi connectivity index (χ0n) is 9.71. The molecule has 0 saturated carbocycles. The number of rotatable bonds is 5. The molecule has 0 bridgehead atoms. The summed E-state index contributed by atoms with van der Waals surface area (Å²) in [7, 11) is 0. The third-order valence-corrected chi connectivity index (χ3v) is 3.91. The van der Waals surface area contributed by atoms with Gasteiger partial charge in [0.2, 0.25) is 5.91 Å². The maximum Gasteiger partial charge on any atom is 0.221 e. The summed E-state index contributed by atoms with van der Waals surface area (Å²) in [5.41, 5.74) is 0. The summed E-state index contributed by atoms with van der Waals surface area (Å²) in [5, 5.41) is 6.45. The van der Waals surface area contributed by atoms with Gasteiger partial charge in [0.05, 0.1) is 0 Å². The van der Waals surface area contributed by atoms with E-state index in [0.717, 1.165) is 25.1 Å². The Hall–Kier alpha value is -0.220. The number of hydrogen-bond acceptors (Lipinski definition) is 3. The first-order valence-electron chi connectivity index (χ1n) is 5.86. The van der Waals surface area contributed by atoms with Crippen molar-refractivity contribution in [2.24, 2.45) is 0 Å². The predicted molar refractivity (Wildman–Crippen MR) is 66.2 cm³/mol. The Balaban J connectivity index is 2.21. The normalized spacial score (nSPS) is 21.7. The Bertz CT molecular complexity index is 189. The van der Waals surface area contributed by atoms with Gasteiger partial charge >= 0.3 is 0 Å². The van der Waals surface area contributed by atoms with Gasteiger partial charge in [-0.05, 0) is 12.8 Å². The Morgan fingerprint density at radius 1 is 1.53 bits per heavy atom. The molecule has 4 heteroatoms. The highest BCUT2D eigenvalue weighted by atomic mass is 32.2. The minimum absolute atomic E-state index is 0.198. The van der Waals surface area contributed by atoms with Crippen molar-refractivity contribution in [3.05, 3.63) is 0 Å². The van der Waals surface area contributed by atoms with Crippen LogP contribution in [0, 0.1) is 0 Å². The van der Waals surface area contributed by atoms with Gasteiger partial charge in [-0.15, -0.1) is 0 Å². The molecule has 15 heavy (non-hydrogen) atoms. The Kier molecular flexibility index (Phi) is 6.10. The monoisotopic (exact) mass is 230 g/mol. The second-order valence-corrected chi connectivity index (χ2v) is 5.16. The van der Waals surface area contributed by atoms with Gasteiger partial charge in [-0.3, -0.25) is 4.79 Å². The van der Waals surface area contributed by atoms with Crippen molar-refractivity contribution in [2.75, 3.05) is 18.1 Å². The molecule has 0 aromatic rings. The van der Waals surface area contributed by atoms with Gasteiger partial charge in [-0.1, -0.05) is 13.8 Å². The van der Waals surface area contributed by atoms with E-state index in [9.17, 15) is 4.79 Å². The van der Waals surface area contributed by atoms with Gasteiger partial charge < -0.3 is 10.6 Å². The lowest BCUT2D eigenvalue weighted by molar-refractivity contribution is -0.122. The van der Waals surface area contributed by atoms with Crippen LogP contribution in [-0.2, 0) is 4.79 Å². The van der Waals surface area contributed by atoms with E-state index in [2.05, 4.69) is 24.5 Å². The van der Waals surface area contributed by atoms with Crippen molar-refractivity contribution in [1.82, 2.24) is 10.6 Å². The topological polar surface area (TPSA) is 41.1 Å². The molecule has 1 heterocycles. The van der Waals surface area contributed by atoms with Crippen LogP contribution in [-0.4, -0.2) is 36.0 Å². The second-order valence-electron chi connectivity index (χ2n) is 4.01. The van der Waals surface area contributed by atoms with Gasteiger partial charge in [-0.2, -0.15) is 11.8 Å². The molecule has 1 atom stereocenters. The molecule has 1 saturated heterocycles. The zero-order valence-corrected chi connectivity index (χ0v) is 10.5. The number of hydrogen-bond donors (Lipinski definition) is 2. The smallest absolute Gasteiger partial charge is 0.221 e. The molecule has 1 aliphatic rings. The average Bonchev–Trinajstić information content (AvgIpc) is 2.27. The fourth-order valence-electron chi connectivity index (χ4n) is 1.75. The largest absolute Gasteiger partial charge is 0.353 e. The summed E-state index contributed by atoms with van der Waals surface area (Å²) in [5.74, 6) is 2.43. The van der Waals surface area contributed by atoms with Gasteiger partial charge in [0.1, 0.15) is 0 Å². The van der Waals surface area contributed by atoms with Crippen LogP contribution in [0.15, 0.2) is 0 Å². The van der Waals surface area contributed by atoms with Gasteiger partial charge in [0.15, 0.2) is 0 Å². The number of amides is 1. The Morgan fingerprint density at radius 3 is 2.80 bits per heavy atom. The Labute approximate surface area is 96.8 Å². The molecule has 1 aliphatic heterocycles. The SMILES string of the molecule is CCC(CC)NC(=O)CC1CSCCN1. The minimum Gasteiger partial charge on any atom is -0.353 e. The number of nitrogens with one attached hydrogen (secondary N) is 2. The van der Waals surface area contributed by atoms with Crippen molar-refractivity contribution in [3.63, 3.8) is 0 Å². The molecule has 3 nitrogen and oxygen atoms in total. The molecule has 88 valence electrons. The fourth-order valence-corrected chi connectivity index (χ4v) is 2.70. The fraction of sp³-hybridized carbons (Fsp3) is 0.909. The van der Waals surface area contributed by atoms with Crippen molar-refractivity contribution in [1.29, 1.82) is 0 Å². The molecular weight excluding hydrogens is 208 g/mol. The van der Waals surface area contributed by atoms with Crippen molar-refractivity contribution in [3.8, 4) is 0 Å². The third kappa shape index (κ3) is 4.89. The first kappa shape index (κ1) is 12.8. The highest BCUT2D eigenvalue weighted by molar-refractivity contribution is 7.99. The van der Waals surface area contributed by atoms with Crippen LogP contribution < -0.4 is 10.6 Å². The molecule has 0 aliphatic carbocycles. The van der Waals surface area contributed by atoms with Gasteiger partial charge in [0.25, 0.3) is 0 Å². The van der Waals surface area contributed by atoms with E-state index in [1.54, 1.807) is 0 Å². The summed E-state index contributed by atoms with van der Waals surface area (Å²) in [6.07, 6.45) is 2.67. The summed E-state index contributed by atoms with van der Waals surface area (Å²) in [6, 6.07) is 0.729. The summed E-state index contributed by atoms with van der Waals surface area (Å²) >= 11 is 1.93. The van der Waals surface area contributed by atoms with E-state index in [4.69, 9.17) is 0 Å². The summed E-state index contributed by atoms with van der Waals surface area (Å²) < 4.78 is 0. The molecule has 1 fully saturated rings. The number of carbonyl (C=O) groups excluding carboxylic acids is 1. The van der Waals surface area contributed by atoms with Crippen LogP contribution in [0.5, 0.6) is 0 Å². The van der Waals surface area contributed by atoms with Crippen LogP contribution in [0.4, 0.5) is 0 Å². The molecule has 1 unspecified atom stereocenters. The quantitative estimate of drug-likeness (QED) is 0.750. The maximum absolute atomic E-state index is 11.7. The first-order chi connectivity index (χ1) is 7.26. The van der Waals surface area contributed by atoms with Gasteiger partial charge in [-0.25, -0.2) is 0 Å². The van der Waals surface area contributed by atoms with E-state index < -0.39 is 0 Å². The number of thioether (sulfide) groups is 1. The maximum atomic E-state index is 11.7. The molecule has 0 aromatic carbocycles. The lowest BCUT2D eigenvalue weighted by Gasteiger charge is -2.23. The van der Waals surface area contributed by atoms with Crippen molar-refractivity contribution < 1.29 is 4.79 Å². The van der Waals surface area contributed by atoms with E-state index in [0.29, 0.717) is 18.5 Å². The predicted octanol–water partition coefficient (Wildman–Crippen LogP) is 1.39.